The van der Waals surface area contributed by atoms with E-state index in [2.05, 4.69) is 22.4 Å². The van der Waals surface area contributed by atoms with E-state index >= 15 is 0 Å². The number of rotatable bonds is 8. The largest absolute Gasteiger partial charge is 0.371 e. The Bertz CT molecular complexity index is 314. The summed E-state index contributed by atoms with van der Waals surface area (Å²) in [4.78, 5) is 4.36. The highest BCUT2D eigenvalue weighted by Gasteiger charge is 2.16. The van der Waals surface area contributed by atoms with Crippen molar-refractivity contribution >= 4 is 0 Å². The molecule has 5 heteroatoms. The third kappa shape index (κ3) is 4.44. The first kappa shape index (κ1) is 14.1. The highest BCUT2D eigenvalue weighted by atomic mass is 16.5. The van der Waals surface area contributed by atoms with Gasteiger partial charge in [0.25, 0.3) is 0 Å². The quantitative estimate of drug-likeness (QED) is 0.755. The van der Waals surface area contributed by atoms with Crippen molar-refractivity contribution in [2.75, 3.05) is 13.7 Å². The second-order valence-electron chi connectivity index (χ2n) is 4.12. The van der Waals surface area contributed by atoms with Crippen LogP contribution >= 0.6 is 0 Å². The smallest absolute Gasteiger partial charge is 0.228 e. The van der Waals surface area contributed by atoms with Gasteiger partial charge in [0.2, 0.25) is 5.89 Å². The molecular formula is C12H23N3O2. The molecule has 0 spiro atoms. The molecule has 5 nitrogen and oxygen atoms in total. The Morgan fingerprint density at radius 3 is 2.76 bits per heavy atom. The first-order chi connectivity index (χ1) is 8.21. The summed E-state index contributed by atoms with van der Waals surface area (Å²) in [6.45, 7) is 6.70. The first-order valence-corrected chi connectivity index (χ1v) is 6.32. The van der Waals surface area contributed by atoms with Gasteiger partial charge in [-0.2, -0.15) is 4.98 Å². The monoisotopic (exact) mass is 241 g/mol. The molecule has 0 aliphatic carbocycles. The van der Waals surface area contributed by atoms with Crippen molar-refractivity contribution in [1.29, 1.82) is 0 Å². The molecule has 1 aromatic rings. The number of ether oxygens (including phenoxy) is 1. The predicted octanol–water partition coefficient (Wildman–Crippen LogP) is 2.10. The van der Waals surface area contributed by atoms with Gasteiger partial charge < -0.3 is 14.6 Å². The van der Waals surface area contributed by atoms with Crippen LogP contribution in [0.3, 0.4) is 0 Å². The van der Waals surface area contributed by atoms with Crippen LogP contribution < -0.4 is 5.32 Å². The van der Waals surface area contributed by atoms with Crippen LogP contribution in [0.4, 0.5) is 0 Å². The van der Waals surface area contributed by atoms with E-state index in [1.165, 1.54) is 0 Å². The molecule has 2 unspecified atom stereocenters. The minimum absolute atomic E-state index is 0.100. The van der Waals surface area contributed by atoms with E-state index in [0.29, 0.717) is 24.4 Å². The van der Waals surface area contributed by atoms with Crippen molar-refractivity contribution in [1.82, 2.24) is 15.5 Å². The van der Waals surface area contributed by atoms with Crippen molar-refractivity contribution in [3.05, 3.63) is 11.7 Å². The summed E-state index contributed by atoms with van der Waals surface area (Å²) >= 11 is 0. The standard InChI is InChI=1S/C12H23N3O2/c1-5-7-10(13-4)8-11-14-12(15-17-11)9(3)16-6-2/h9-10,13H,5-8H2,1-4H3. The summed E-state index contributed by atoms with van der Waals surface area (Å²) in [5.41, 5.74) is 0. The lowest BCUT2D eigenvalue weighted by Gasteiger charge is -2.11. The van der Waals surface area contributed by atoms with Crippen molar-refractivity contribution in [3.63, 3.8) is 0 Å². The predicted molar refractivity (Wildman–Crippen MR) is 65.8 cm³/mol. The first-order valence-electron chi connectivity index (χ1n) is 6.32. The Hall–Kier alpha value is -0.940. The normalized spacial score (nSPS) is 14.8. The van der Waals surface area contributed by atoms with Gasteiger partial charge in [-0.05, 0) is 27.3 Å². The molecule has 0 bridgehead atoms. The zero-order valence-corrected chi connectivity index (χ0v) is 11.2. The Kier molecular flexibility index (Phi) is 6.15. The van der Waals surface area contributed by atoms with Crippen LogP contribution in [0.2, 0.25) is 0 Å². The van der Waals surface area contributed by atoms with E-state index in [9.17, 15) is 0 Å². The fraction of sp³-hybridized carbons (Fsp3) is 0.833. The molecule has 17 heavy (non-hydrogen) atoms. The molecule has 0 radical (unpaired) electrons. The van der Waals surface area contributed by atoms with E-state index < -0.39 is 0 Å². The molecule has 0 aliphatic rings. The summed E-state index contributed by atoms with van der Waals surface area (Å²) in [6, 6.07) is 0.399. The molecule has 1 aromatic heterocycles. The lowest BCUT2D eigenvalue weighted by Crippen LogP contribution is -2.27. The third-order valence-electron chi connectivity index (χ3n) is 2.73. The molecule has 0 saturated heterocycles. The molecule has 1 N–H and O–H groups in total. The Labute approximate surface area is 103 Å². The number of nitrogens with zero attached hydrogens (tertiary/aromatic N) is 2. The van der Waals surface area contributed by atoms with E-state index in [-0.39, 0.29) is 6.10 Å². The molecule has 1 rings (SSSR count). The van der Waals surface area contributed by atoms with E-state index in [4.69, 9.17) is 9.26 Å². The van der Waals surface area contributed by atoms with Crippen LogP contribution in [0, 0.1) is 0 Å². The highest BCUT2D eigenvalue weighted by Crippen LogP contribution is 2.14. The van der Waals surface area contributed by atoms with Gasteiger partial charge in [-0.25, -0.2) is 0 Å². The average Bonchev–Trinajstić information content (AvgIpc) is 2.77. The second-order valence-corrected chi connectivity index (χ2v) is 4.12. The van der Waals surface area contributed by atoms with Crippen LogP contribution in [0.15, 0.2) is 4.52 Å². The number of aromatic nitrogens is 2. The third-order valence-corrected chi connectivity index (χ3v) is 2.73. The maximum atomic E-state index is 5.42. The fourth-order valence-corrected chi connectivity index (χ4v) is 1.75. The minimum Gasteiger partial charge on any atom is -0.371 e. The molecule has 2 atom stereocenters. The maximum absolute atomic E-state index is 5.42. The minimum atomic E-state index is -0.100. The fourth-order valence-electron chi connectivity index (χ4n) is 1.75. The number of hydrogen-bond acceptors (Lipinski definition) is 5. The molecule has 0 saturated carbocycles. The van der Waals surface area contributed by atoms with Gasteiger partial charge in [-0.1, -0.05) is 18.5 Å². The van der Waals surface area contributed by atoms with Gasteiger partial charge in [-0.15, -0.1) is 0 Å². The van der Waals surface area contributed by atoms with Crippen molar-refractivity contribution in [3.8, 4) is 0 Å². The van der Waals surface area contributed by atoms with Crippen molar-refractivity contribution in [2.45, 2.75) is 52.2 Å². The van der Waals surface area contributed by atoms with E-state index in [1.54, 1.807) is 0 Å². The number of nitrogens with one attached hydrogen (secondary N) is 1. The van der Waals surface area contributed by atoms with Crippen molar-refractivity contribution < 1.29 is 9.26 Å². The maximum Gasteiger partial charge on any atom is 0.228 e. The average molecular weight is 241 g/mol. The molecule has 0 aliphatic heterocycles. The number of likely N-dealkylation sites (N-methyl/N-ethyl adjacent to an activating group) is 1. The van der Waals surface area contributed by atoms with Crippen LogP contribution in [0.1, 0.15) is 51.4 Å². The zero-order valence-electron chi connectivity index (χ0n) is 11.2. The van der Waals surface area contributed by atoms with Crippen LogP contribution in [-0.2, 0) is 11.2 Å². The summed E-state index contributed by atoms with van der Waals surface area (Å²) < 4.78 is 10.6. The number of hydrogen-bond donors (Lipinski definition) is 1. The van der Waals surface area contributed by atoms with Gasteiger partial charge in [0.15, 0.2) is 5.82 Å². The topological polar surface area (TPSA) is 60.2 Å². The summed E-state index contributed by atoms with van der Waals surface area (Å²) in [7, 11) is 1.96. The van der Waals surface area contributed by atoms with Crippen LogP contribution in [-0.4, -0.2) is 29.8 Å². The molecule has 0 aromatic carbocycles. The molecule has 1 heterocycles. The summed E-state index contributed by atoms with van der Waals surface area (Å²) in [6.07, 6.45) is 2.92. The van der Waals surface area contributed by atoms with Gasteiger partial charge >= 0.3 is 0 Å². The van der Waals surface area contributed by atoms with Gasteiger partial charge in [0, 0.05) is 19.1 Å². The summed E-state index contributed by atoms with van der Waals surface area (Å²) in [5, 5.41) is 7.20. The molecular weight excluding hydrogens is 218 g/mol. The second kappa shape index (κ2) is 7.40. The Morgan fingerprint density at radius 2 is 2.18 bits per heavy atom. The summed E-state index contributed by atoms with van der Waals surface area (Å²) in [5.74, 6) is 1.31. The Balaban J connectivity index is 2.55. The van der Waals surface area contributed by atoms with Crippen LogP contribution in [0.25, 0.3) is 0 Å². The Morgan fingerprint density at radius 1 is 1.41 bits per heavy atom. The highest BCUT2D eigenvalue weighted by molar-refractivity contribution is 4.92. The van der Waals surface area contributed by atoms with Gasteiger partial charge in [-0.3, -0.25) is 0 Å². The SMILES string of the molecule is CCCC(Cc1nc(C(C)OCC)no1)NC. The lowest BCUT2D eigenvalue weighted by molar-refractivity contribution is 0.0683. The zero-order chi connectivity index (χ0) is 12.7. The molecule has 0 amide bonds. The molecule has 98 valence electrons. The van der Waals surface area contributed by atoms with Gasteiger partial charge in [0.1, 0.15) is 6.10 Å². The van der Waals surface area contributed by atoms with Gasteiger partial charge in [0.05, 0.1) is 0 Å². The van der Waals surface area contributed by atoms with E-state index in [0.717, 1.165) is 19.3 Å². The van der Waals surface area contributed by atoms with Crippen LogP contribution in [0.5, 0.6) is 0 Å². The van der Waals surface area contributed by atoms with E-state index in [1.807, 2.05) is 20.9 Å². The molecule has 0 fully saturated rings. The lowest BCUT2D eigenvalue weighted by atomic mass is 10.1. The van der Waals surface area contributed by atoms with Crippen molar-refractivity contribution in [2.24, 2.45) is 0 Å².